The van der Waals surface area contributed by atoms with Gasteiger partial charge in [0, 0.05) is 43.2 Å². The van der Waals surface area contributed by atoms with Crippen LogP contribution in [0.3, 0.4) is 0 Å². The van der Waals surface area contributed by atoms with Crippen LogP contribution in [0.5, 0.6) is 11.5 Å². The van der Waals surface area contributed by atoms with Crippen molar-refractivity contribution in [2.24, 2.45) is 5.92 Å². The largest absolute Gasteiger partial charge is 0.498 e. The summed E-state index contributed by atoms with van der Waals surface area (Å²) in [6.45, 7) is 0.771. The minimum atomic E-state index is 0.206. The summed E-state index contributed by atoms with van der Waals surface area (Å²) < 4.78 is 16.5. The van der Waals surface area contributed by atoms with E-state index in [0.29, 0.717) is 18.6 Å². The fourth-order valence-corrected chi connectivity index (χ4v) is 4.45. The summed E-state index contributed by atoms with van der Waals surface area (Å²) in [5.41, 5.74) is 4.73. The van der Waals surface area contributed by atoms with Gasteiger partial charge < -0.3 is 14.2 Å². The predicted molar refractivity (Wildman–Crippen MR) is 127 cm³/mol. The van der Waals surface area contributed by atoms with Gasteiger partial charge >= 0.3 is 0 Å². The highest BCUT2D eigenvalue weighted by Crippen LogP contribution is 2.41. The minimum absolute atomic E-state index is 0.206. The average Bonchev–Trinajstić information content (AvgIpc) is 3.49. The zero-order chi connectivity index (χ0) is 22.3. The predicted octanol–water partition coefficient (Wildman–Crippen LogP) is 5.93. The van der Waals surface area contributed by atoms with Crippen molar-refractivity contribution in [1.29, 1.82) is 0 Å². The number of benzene rings is 2. The van der Waals surface area contributed by atoms with Crippen molar-refractivity contribution < 1.29 is 19.0 Å². The second-order valence-electron chi connectivity index (χ2n) is 8.19. The molecule has 1 aliphatic carbocycles. The van der Waals surface area contributed by atoms with Gasteiger partial charge in [-0.25, -0.2) is 0 Å². The highest BCUT2D eigenvalue weighted by molar-refractivity contribution is 5.82. The summed E-state index contributed by atoms with van der Waals surface area (Å²) in [4.78, 5) is 12.8. The SMILES string of the molecule is COc1ccc(CC(=O)CCC2=CC=C(c3ccccc3)C2CC2=CCCO2)c(OC)c1. The maximum Gasteiger partial charge on any atom is 0.137 e. The van der Waals surface area contributed by atoms with Gasteiger partial charge in [0.25, 0.3) is 0 Å². The number of ether oxygens (including phenoxy) is 3. The Morgan fingerprint density at radius 3 is 2.62 bits per heavy atom. The van der Waals surface area contributed by atoms with Crippen molar-refractivity contribution >= 4 is 11.4 Å². The van der Waals surface area contributed by atoms with Crippen LogP contribution in [0.2, 0.25) is 0 Å². The van der Waals surface area contributed by atoms with E-state index in [9.17, 15) is 4.79 Å². The van der Waals surface area contributed by atoms with E-state index in [4.69, 9.17) is 14.2 Å². The summed E-state index contributed by atoms with van der Waals surface area (Å²) in [5, 5.41) is 0. The van der Waals surface area contributed by atoms with Gasteiger partial charge in [0.2, 0.25) is 0 Å². The number of ketones is 1. The van der Waals surface area contributed by atoms with Gasteiger partial charge in [-0.15, -0.1) is 0 Å². The summed E-state index contributed by atoms with van der Waals surface area (Å²) in [6.07, 6.45) is 10.1. The smallest absolute Gasteiger partial charge is 0.137 e. The molecule has 0 aromatic heterocycles. The Balaban J connectivity index is 1.42. The first-order valence-corrected chi connectivity index (χ1v) is 11.2. The molecule has 0 amide bonds. The quantitative estimate of drug-likeness (QED) is 0.469. The Labute approximate surface area is 190 Å². The lowest BCUT2D eigenvalue weighted by molar-refractivity contribution is -0.118. The van der Waals surface area contributed by atoms with Gasteiger partial charge in [-0.2, -0.15) is 0 Å². The Morgan fingerprint density at radius 1 is 1.06 bits per heavy atom. The Morgan fingerprint density at radius 2 is 1.91 bits per heavy atom. The first-order chi connectivity index (χ1) is 15.7. The molecule has 0 bridgehead atoms. The highest BCUT2D eigenvalue weighted by Gasteiger charge is 2.27. The lowest BCUT2D eigenvalue weighted by Crippen LogP contribution is -2.09. The summed E-state index contributed by atoms with van der Waals surface area (Å²) >= 11 is 0. The molecule has 1 aliphatic heterocycles. The molecule has 0 fully saturated rings. The second-order valence-corrected chi connectivity index (χ2v) is 8.19. The Hall–Kier alpha value is -3.27. The van der Waals surface area contributed by atoms with E-state index >= 15 is 0 Å². The molecule has 0 saturated heterocycles. The van der Waals surface area contributed by atoms with Crippen LogP contribution in [0.25, 0.3) is 5.57 Å². The van der Waals surface area contributed by atoms with Crippen LogP contribution in [0, 0.1) is 5.92 Å². The van der Waals surface area contributed by atoms with Crippen LogP contribution in [0.4, 0.5) is 0 Å². The highest BCUT2D eigenvalue weighted by atomic mass is 16.5. The van der Waals surface area contributed by atoms with Crippen LogP contribution in [-0.4, -0.2) is 26.6 Å². The lowest BCUT2D eigenvalue weighted by Gasteiger charge is -2.20. The molecule has 2 aromatic rings. The molecule has 0 saturated carbocycles. The monoisotopic (exact) mass is 430 g/mol. The van der Waals surface area contributed by atoms with Crippen molar-refractivity contribution in [1.82, 2.24) is 0 Å². The van der Waals surface area contributed by atoms with Gasteiger partial charge in [-0.05, 0) is 29.7 Å². The molecule has 0 N–H and O–H groups in total. The number of carbonyl (C=O) groups excluding carboxylic acids is 1. The number of Topliss-reactive ketones (excluding diaryl/α,β-unsaturated/α-hetero) is 1. The average molecular weight is 431 g/mol. The third-order valence-electron chi connectivity index (χ3n) is 6.16. The van der Waals surface area contributed by atoms with E-state index in [1.54, 1.807) is 14.2 Å². The van der Waals surface area contributed by atoms with Crippen LogP contribution >= 0.6 is 0 Å². The number of allylic oxidation sites excluding steroid dienone is 5. The molecule has 4 nitrogen and oxygen atoms in total. The van der Waals surface area contributed by atoms with Crippen LogP contribution in [-0.2, 0) is 16.0 Å². The van der Waals surface area contributed by atoms with E-state index in [1.807, 2.05) is 24.3 Å². The van der Waals surface area contributed by atoms with E-state index in [0.717, 1.165) is 42.9 Å². The zero-order valence-corrected chi connectivity index (χ0v) is 18.8. The van der Waals surface area contributed by atoms with Gasteiger partial charge in [0.1, 0.15) is 17.3 Å². The van der Waals surface area contributed by atoms with E-state index in [2.05, 4.69) is 42.5 Å². The fraction of sp³-hybridized carbons (Fsp3) is 0.321. The fourth-order valence-electron chi connectivity index (χ4n) is 4.45. The molecule has 0 radical (unpaired) electrons. The molecule has 2 aromatic carbocycles. The number of hydrogen-bond donors (Lipinski definition) is 0. The molecule has 32 heavy (non-hydrogen) atoms. The maximum atomic E-state index is 12.8. The summed E-state index contributed by atoms with van der Waals surface area (Å²) in [5.74, 6) is 2.94. The van der Waals surface area contributed by atoms with Crippen LogP contribution in [0.15, 0.2) is 78.1 Å². The third-order valence-corrected chi connectivity index (χ3v) is 6.16. The molecule has 2 aliphatic rings. The van der Waals surface area contributed by atoms with E-state index in [1.165, 1.54) is 16.7 Å². The van der Waals surface area contributed by atoms with Gasteiger partial charge in [0.05, 0.1) is 26.6 Å². The normalized spacial score (nSPS) is 17.3. The van der Waals surface area contributed by atoms with Crippen molar-refractivity contribution in [3.63, 3.8) is 0 Å². The van der Waals surface area contributed by atoms with Crippen molar-refractivity contribution in [3.05, 3.63) is 89.2 Å². The van der Waals surface area contributed by atoms with Crippen molar-refractivity contribution in [2.75, 3.05) is 20.8 Å². The lowest BCUT2D eigenvalue weighted by atomic mass is 9.85. The molecule has 4 heteroatoms. The van der Waals surface area contributed by atoms with Crippen molar-refractivity contribution in [2.45, 2.75) is 32.1 Å². The molecular formula is C28H30O4. The first-order valence-electron chi connectivity index (χ1n) is 11.2. The standard InChI is InChI=1S/C28H30O4/c1-30-24-14-11-22(28(19-24)31-2)17-23(29)13-10-21-12-15-26(20-7-4-3-5-8-20)27(21)18-25-9-6-16-32-25/h3-5,7-9,11-12,14-15,19,27H,6,10,13,16-18H2,1-2H3. The third kappa shape index (κ3) is 5.13. The molecule has 1 atom stereocenters. The van der Waals surface area contributed by atoms with Gasteiger partial charge in [0.15, 0.2) is 0 Å². The number of carbonyl (C=O) groups is 1. The Bertz CT molecular complexity index is 1050. The van der Waals surface area contributed by atoms with Gasteiger partial charge in [-0.3, -0.25) is 4.79 Å². The molecule has 166 valence electrons. The van der Waals surface area contributed by atoms with Crippen molar-refractivity contribution in [3.8, 4) is 11.5 Å². The maximum absolute atomic E-state index is 12.8. The first kappa shape index (κ1) is 21.9. The zero-order valence-electron chi connectivity index (χ0n) is 18.8. The van der Waals surface area contributed by atoms with Gasteiger partial charge in [-0.1, -0.05) is 54.1 Å². The molecular weight excluding hydrogens is 400 g/mol. The Kier molecular flexibility index (Phi) is 7.10. The summed E-state index contributed by atoms with van der Waals surface area (Å²) in [6, 6.07) is 16.1. The number of hydrogen-bond acceptors (Lipinski definition) is 4. The van der Waals surface area contributed by atoms with E-state index in [-0.39, 0.29) is 11.7 Å². The molecule has 0 spiro atoms. The van der Waals surface area contributed by atoms with Crippen LogP contribution < -0.4 is 9.47 Å². The number of rotatable bonds is 10. The molecule has 1 unspecified atom stereocenters. The van der Waals surface area contributed by atoms with Crippen LogP contribution in [0.1, 0.15) is 36.8 Å². The minimum Gasteiger partial charge on any atom is -0.498 e. The number of methoxy groups -OCH3 is 2. The molecule has 1 heterocycles. The van der Waals surface area contributed by atoms with E-state index < -0.39 is 0 Å². The molecule has 4 rings (SSSR count). The summed E-state index contributed by atoms with van der Waals surface area (Å²) in [7, 11) is 3.24. The topological polar surface area (TPSA) is 44.8 Å². The second kappa shape index (κ2) is 10.4.